The average molecular weight is 1300 g/mol. The Balaban J connectivity index is 0.000000313. The molecule has 3 heterocycles. The first-order valence-corrected chi connectivity index (χ1v) is 28.7. The number of nitrogens with one attached hydrogen (secondary N) is 7. The Hall–Kier alpha value is -6.36. The van der Waals surface area contributed by atoms with Crippen LogP contribution in [0, 0.1) is 18.7 Å². The third-order valence-corrected chi connectivity index (χ3v) is 15.5. The van der Waals surface area contributed by atoms with Crippen molar-refractivity contribution in [3.63, 3.8) is 0 Å². The van der Waals surface area contributed by atoms with Gasteiger partial charge >= 0.3 is 121 Å². The average Bonchev–Trinajstić information content (AvgIpc) is 4.33. The number of carboxylic acids is 1. The summed E-state index contributed by atoms with van der Waals surface area (Å²) in [5, 5.41) is 27.1. The molecule has 3 radical (unpaired) electrons. The second-order valence-electron chi connectivity index (χ2n) is 19.1. The number of hydrogen-bond donors (Lipinski definition) is 8. The van der Waals surface area contributed by atoms with Gasteiger partial charge in [0.05, 0.1) is 43.1 Å². The number of amides is 5. The van der Waals surface area contributed by atoms with E-state index in [4.69, 9.17) is 19.6 Å². The topological polar surface area (TPSA) is 315 Å². The summed E-state index contributed by atoms with van der Waals surface area (Å²) in [7, 11) is 6.76. The van der Waals surface area contributed by atoms with Crippen molar-refractivity contribution in [2.45, 2.75) is 113 Å². The molecule has 0 spiro atoms. The van der Waals surface area contributed by atoms with Crippen LogP contribution in [0.1, 0.15) is 104 Å². The number of hydrogen-bond acceptors (Lipinski definition) is 16. The van der Waals surface area contributed by atoms with Gasteiger partial charge in [-0.2, -0.15) is 0 Å². The second kappa shape index (κ2) is 34.6. The minimum atomic E-state index is -0.822. The molecule has 6 rings (SSSR count). The molecule has 23 nitrogen and oxygen atoms in total. The maximum atomic E-state index is 14.8. The molecule has 8 N–H and O–H groups in total. The summed E-state index contributed by atoms with van der Waals surface area (Å²) in [6.45, 7) is 9.69. The summed E-state index contributed by atoms with van der Waals surface area (Å²) < 4.78 is 28.0. The molecule has 4 atom stereocenters. The Morgan fingerprint density at radius 2 is 1.66 bits per heavy atom. The molecule has 0 saturated heterocycles. The smallest absolute Gasteiger partial charge is 0.317 e. The van der Waals surface area contributed by atoms with Crippen molar-refractivity contribution in [1.29, 1.82) is 0 Å². The van der Waals surface area contributed by atoms with Gasteiger partial charge in [-0.15, -0.1) is 0 Å². The van der Waals surface area contributed by atoms with Crippen LogP contribution in [0.4, 0.5) is 4.39 Å². The number of nitrogens with zero attached hydrogens (tertiary/aromatic N) is 3. The first-order chi connectivity index (χ1) is 37.8. The summed E-state index contributed by atoms with van der Waals surface area (Å²) in [4.78, 5) is 118. The number of aryl methyl sites for hydroxylation is 1. The Labute approximate surface area is 475 Å². The van der Waals surface area contributed by atoms with Crippen LogP contribution in [-0.4, -0.2) is 180 Å². The van der Waals surface area contributed by atoms with Gasteiger partial charge in [-0.25, -0.2) is 9.37 Å². The van der Waals surface area contributed by atoms with Gasteiger partial charge in [-0.3, -0.25) is 19.2 Å². The Bertz CT molecular complexity index is 2700. The van der Waals surface area contributed by atoms with Gasteiger partial charge in [-0.05, 0) is 87.4 Å². The predicted molar refractivity (Wildman–Crippen MR) is 293 cm³/mol. The molecule has 4 unspecified atom stereocenters. The number of pyridine rings is 2. The largest absolute Gasteiger partial charge is 0.480 e. The summed E-state index contributed by atoms with van der Waals surface area (Å²) in [5.41, 5.74) is 7.54. The molecule has 79 heavy (non-hydrogen) atoms. The van der Waals surface area contributed by atoms with Crippen molar-refractivity contribution in [1.82, 2.24) is 51.7 Å². The first kappa shape index (κ1) is 66.9. The number of rotatable bonds is 29. The van der Waals surface area contributed by atoms with Crippen molar-refractivity contribution in [2.24, 2.45) is 5.92 Å². The summed E-state index contributed by atoms with van der Waals surface area (Å²) in [5.74, 6) is -2.23. The van der Waals surface area contributed by atoms with Gasteiger partial charge in [0.2, 0.25) is 12.3 Å². The SMILES string of the molecule is C=C(CCC=O)N(C)CC(=O)NCC(=O)NCC(=O)NC(C)[CH2][Pb].CCC(C=O)c1cc2n(c(=O)c1COC)Cc1c-2nc2cc(F)c(C)c3c2c1C(NC)CC3.CNCC(=O)O.O=CNCC(=O)NCOC(C=O)CC1CC1. The molecule has 1 aliphatic heterocycles. The molecule has 1 aromatic carbocycles. The molecule has 431 valence electrons. The van der Waals surface area contributed by atoms with Crippen LogP contribution < -0.4 is 42.8 Å². The molecule has 0 bridgehead atoms. The van der Waals surface area contributed by atoms with E-state index < -0.39 is 23.9 Å². The number of aldehydes is 3. The summed E-state index contributed by atoms with van der Waals surface area (Å²) in [6, 6.07) is 3.64. The fraction of sp³-hybridized carbons (Fsp3) is 0.537. The molecule has 3 aromatic rings. The zero-order chi connectivity index (χ0) is 58.8. The molecule has 25 heteroatoms. The van der Waals surface area contributed by atoms with Gasteiger partial charge in [0.15, 0.2) is 0 Å². The van der Waals surface area contributed by atoms with Crippen LogP contribution in [0.15, 0.2) is 29.2 Å². The number of carbonyl (C=O) groups is 9. The van der Waals surface area contributed by atoms with E-state index in [9.17, 15) is 52.3 Å². The fourth-order valence-corrected chi connectivity index (χ4v) is 9.08. The Morgan fingerprint density at radius 3 is 2.23 bits per heavy atom. The number of fused-ring (bicyclic) bond motifs is 4. The van der Waals surface area contributed by atoms with E-state index in [1.54, 1.807) is 30.7 Å². The number of likely N-dealkylation sites (N-methyl/N-ethyl adjacent to an activating group) is 2. The normalized spacial score (nSPS) is 14.5. The first-order valence-electron chi connectivity index (χ1n) is 26.0. The molecule has 1 fully saturated rings. The third-order valence-electron chi connectivity index (χ3n) is 13.1. The molecular formula is C54H76FN10O13Pb. The predicted octanol–water partition coefficient (Wildman–Crippen LogP) is 1.13. The van der Waals surface area contributed by atoms with Crippen LogP contribution in [0.5, 0.6) is 0 Å². The van der Waals surface area contributed by atoms with E-state index in [1.807, 2.05) is 33.9 Å². The van der Waals surface area contributed by atoms with E-state index in [0.717, 1.165) is 103 Å². The van der Waals surface area contributed by atoms with Gasteiger partial charge in [0.1, 0.15) is 37.5 Å². The zero-order valence-electron chi connectivity index (χ0n) is 46.1. The van der Waals surface area contributed by atoms with Gasteiger partial charge in [0.25, 0.3) is 5.56 Å². The molecule has 3 aliphatic rings. The van der Waals surface area contributed by atoms with E-state index in [1.165, 1.54) is 6.07 Å². The Morgan fingerprint density at radius 1 is 0.975 bits per heavy atom. The van der Waals surface area contributed by atoms with Crippen molar-refractivity contribution in [3.05, 3.63) is 74.0 Å². The molecular weight excluding hydrogens is 1220 g/mol. The number of aromatic nitrogens is 2. The monoisotopic (exact) mass is 1300 g/mol. The number of ether oxygens (including phenoxy) is 2. The third kappa shape index (κ3) is 20.7. The fourth-order valence-electron chi connectivity index (χ4n) is 8.68. The molecule has 2 aliphatic carbocycles. The van der Waals surface area contributed by atoms with Crippen molar-refractivity contribution in [2.75, 3.05) is 67.7 Å². The Kier molecular flexibility index (Phi) is 29.3. The van der Waals surface area contributed by atoms with Crippen LogP contribution >= 0.6 is 0 Å². The second-order valence-corrected chi connectivity index (χ2v) is 20.7. The number of methoxy groups -OCH3 is 1. The van der Waals surface area contributed by atoms with E-state index >= 15 is 0 Å². The number of benzene rings is 1. The van der Waals surface area contributed by atoms with Crippen molar-refractivity contribution in [3.8, 4) is 11.4 Å². The van der Waals surface area contributed by atoms with Gasteiger partial charge < -0.3 is 54.8 Å². The van der Waals surface area contributed by atoms with E-state index in [2.05, 4.69) is 43.8 Å². The number of carbonyl (C=O) groups excluding carboxylic acids is 8. The molecule has 1 saturated carbocycles. The number of halogens is 1. The van der Waals surface area contributed by atoms with Crippen molar-refractivity contribution >= 4 is 91.5 Å². The quantitative estimate of drug-likeness (QED) is 0.0215. The maximum absolute atomic E-state index is 14.8. The van der Waals surface area contributed by atoms with E-state index in [-0.39, 0.29) is 87.2 Å². The molecule has 2 aromatic heterocycles. The van der Waals surface area contributed by atoms with Gasteiger partial charge in [-0.1, -0.05) is 26.3 Å². The minimum absolute atomic E-state index is 0.00447. The van der Waals surface area contributed by atoms with Crippen LogP contribution in [0.25, 0.3) is 22.3 Å². The van der Waals surface area contributed by atoms with Crippen molar-refractivity contribution < 1.29 is 62.1 Å². The van der Waals surface area contributed by atoms with Crippen LogP contribution in [-0.2, 0) is 72.2 Å². The van der Waals surface area contributed by atoms with Gasteiger partial charge in [0, 0.05) is 60.8 Å². The number of allylic oxidation sites excluding steroid dienone is 1. The van der Waals surface area contributed by atoms with Crippen LogP contribution in [0.2, 0.25) is 3.98 Å². The standard InChI is InChI=1S/C26H28FN3O3.C15H25N4O4.C10H16N2O4.C3H7NO2.Pb/c1-5-14(11-31)16-8-22-25-17(10-30(22)26(32)18(16)12-33-4)24-20(28-3)7-6-15-13(2)19(27)9-21(29-25)23(15)24;1-11(2)18-14(22)9-16-13(21)8-17-15(23)10-19(4)12(3)6-5-7-20;13-5-9(3-8-1-2-8)16-7-12-10(15)4-11-6-14;1-4-2-3(5)6;/h8-9,11,14,20,28H,5-7,10,12H2,1-4H3;7,11H,1,3,5-6,8-10H2,2,4H3,(H,16,21)(H,17,23)(H,18,22);5-6,8-9H,1-4,7H2,(H,11,14)(H,12,15);4H,2H2,1H3,(H,5,6);. The summed E-state index contributed by atoms with van der Waals surface area (Å²) >= 11 is 0.998. The summed E-state index contributed by atoms with van der Waals surface area (Å²) in [6.07, 6.45) is 8.56. The van der Waals surface area contributed by atoms with E-state index in [0.29, 0.717) is 77.4 Å². The number of aliphatic carboxylic acids is 1. The minimum Gasteiger partial charge on any atom is -0.480 e. The molecule has 5 amide bonds. The van der Waals surface area contributed by atoms with Crippen LogP contribution in [0.3, 0.4) is 0 Å². The zero-order valence-corrected chi connectivity index (χ0v) is 50.0. The number of carboxylic acid groups (broad SMARTS) is 1. The maximum Gasteiger partial charge on any atom is 0.317 e.